The number of para-hydroxylation sites is 1. The third kappa shape index (κ3) is 1.06. The molecule has 16 heavy (non-hydrogen) atoms. The van der Waals surface area contributed by atoms with E-state index in [1.807, 2.05) is 26.1 Å². The van der Waals surface area contributed by atoms with Gasteiger partial charge in [0, 0.05) is 31.0 Å². The molecule has 0 unspecified atom stereocenters. The first kappa shape index (κ1) is 9.46. The number of hydrogen-bond acceptors (Lipinski definition) is 1. The van der Waals surface area contributed by atoms with Gasteiger partial charge in [0.1, 0.15) is 5.69 Å². The quantitative estimate of drug-likeness (QED) is 0.658. The first-order valence-corrected chi connectivity index (χ1v) is 5.53. The molecule has 1 amide bonds. The highest BCUT2D eigenvalue weighted by atomic mass is 16.2. The monoisotopic (exact) mass is 214 g/mol. The van der Waals surface area contributed by atoms with Crippen molar-refractivity contribution in [1.29, 1.82) is 0 Å². The lowest BCUT2D eigenvalue weighted by molar-refractivity contribution is 0.0750. The first-order valence-electron chi connectivity index (χ1n) is 5.53. The van der Waals surface area contributed by atoms with Crippen molar-refractivity contribution < 1.29 is 4.79 Å². The zero-order valence-electron chi connectivity index (χ0n) is 9.53. The Morgan fingerprint density at radius 1 is 1.19 bits per heavy atom. The molecule has 0 aliphatic carbocycles. The van der Waals surface area contributed by atoms with Crippen molar-refractivity contribution in [2.45, 2.75) is 13.5 Å². The van der Waals surface area contributed by atoms with Gasteiger partial charge in [-0.3, -0.25) is 4.79 Å². The molecule has 0 N–H and O–H groups in total. The van der Waals surface area contributed by atoms with Crippen LogP contribution in [0.3, 0.4) is 0 Å². The van der Waals surface area contributed by atoms with Crippen molar-refractivity contribution in [3.05, 3.63) is 35.5 Å². The number of carbonyl (C=O) groups is 1. The van der Waals surface area contributed by atoms with Gasteiger partial charge < -0.3 is 9.47 Å². The summed E-state index contributed by atoms with van der Waals surface area (Å²) >= 11 is 0. The van der Waals surface area contributed by atoms with Crippen molar-refractivity contribution in [3.63, 3.8) is 0 Å². The van der Waals surface area contributed by atoms with Crippen LogP contribution >= 0.6 is 0 Å². The number of rotatable bonds is 0. The summed E-state index contributed by atoms with van der Waals surface area (Å²) in [6, 6.07) is 8.22. The number of nitrogens with zero attached hydrogens (tertiary/aromatic N) is 2. The molecule has 0 saturated carbocycles. The smallest absolute Gasteiger partial charge is 0.270 e. The van der Waals surface area contributed by atoms with Gasteiger partial charge in [-0.25, -0.2) is 0 Å². The number of benzene rings is 1. The third-order valence-electron chi connectivity index (χ3n) is 3.43. The van der Waals surface area contributed by atoms with Gasteiger partial charge in [0.05, 0.1) is 0 Å². The van der Waals surface area contributed by atoms with Crippen LogP contribution in [0, 0.1) is 6.92 Å². The van der Waals surface area contributed by atoms with Gasteiger partial charge in [-0.2, -0.15) is 0 Å². The van der Waals surface area contributed by atoms with E-state index < -0.39 is 0 Å². The molecule has 0 radical (unpaired) electrons. The third-order valence-corrected chi connectivity index (χ3v) is 3.43. The molecule has 1 aromatic heterocycles. The van der Waals surface area contributed by atoms with E-state index in [1.54, 1.807) is 4.90 Å². The second kappa shape index (κ2) is 3.11. The summed E-state index contributed by atoms with van der Waals surface area (Å²) in [5.41, 5.74) is 3.14. The van der Waals surface area contributed by atoms with E-state index in [9.17, 15) is 4.79 Å². The van der Waals surface area contributed by atoms with Gasteiger partial charge in [0.25, 0.3) is 5.91 Å². The SMILES string of the molecule is Cc1c2n(c3ccccc13)CCN(C)C2=O. The Morgan fingerprint density at radius 2 is 1.94 bits per heavy atom. The summed E-state index contributed by atoms with van der Waals surface area (Å²) in [6.45, 7) is 3.72. The highest BCUT2D eigenvalue weighted by Gasteiger charge is 2.26. The lowest BCUT2D eigenvalue weighted by Gasteiger charge is -2.25. The Hall–Kier alpha value is -1.77. The summed E-state index contributed by atoms with van der Waals surface area (Å²) in [7, 11) is 1.86. The number of hydrogen-bond donors (Lipinski definition) is 0. The maximum atomic E-state index is 12.1. The molecule has 0 saturated heterocycles. The highest BCUT2D eigenvalue weighted by molar-refractivity contribution is 6.02. The molecule has 2 heterocycles. The van der Waals surface area contributed by atoms with Gasteiger partial charge >= 0.3 is 0 Å². The molecule has 3 heteroatoms. The molecule has 82 valence electrons. The van der Waals surface area contributed by atoms with Crippen LogP contribution in [-0.2, 0) is 6.54 Å². The van der Waals surface area contributed by atoms with Gasteiger partial charge in [0.15, 0.2) is 0 Å². The summed E-state index contributed by atoms with van der Waals surface area (Å²) in [5, 5.41) is 1.20. The molecular formula is C13H14N2O. The van der Waals surface area contributed by atoms with Crippen LogP contribution < -0.4 is 0 Å². The van der Waals surface area contributed by atoms with Crippen LogP contribution in [0.25, 0.3) is 10.9 Å². The average Bonchev–Trinajstić information content (AvgIpc) is 2.59. The van der Waals surface area contributed by atoms with Crippen LogP contribution in [0.4, 0.5) is 0 Å². The van der Waals surface area contributed by atoms with E-state index in [-0.39, 0.29) is 5.91 Å². The molecule has 0 fully saturated rings. The summed E-state index contributed by atoms with van der Waals surface area (Å²) in [4.78, 5) is 13.9. The minimum atomic E-state index is 0.139. The van der Waals surface area contributed by atoms with E-state index in [0.717, 1.165) is 24.3 Å². The molecule has 0 spiro atoms. The van der Waals surface area contributed by atoms with Crippen molar-refractivity contribution in [3.8, 4) is 0 Å². The van der Waals surface area contributed by atoms with Crippen molar-refractivity contribution in [2.75, 3.05) is 13.6 Å². The van der Waals surface area contributed by atoms with Crippen LogP contribution in [-0.4, -0.2) is 29.0 Å². The van der Waals surface area contributed by atoms with E-state index in [0.29, 0.717) is 0 Å². The number of aryl methyl sites for hydroxylation is 1. The van der Waals surface area contributed by atoms with E-state index in [4.69, 9.17) is 0 Å². The van der Waals surface area contributed by atoms with Gasteiger partial charge in [-0.05, 0) is 18.6 Å². The van der Waals surface area contributed by atoms with Gasteiger partial charge in [-0.15, -0.1) is 0 Å². The molecule has 3 rings (SSSR count). The number of aromatic nitrogens is 1. The van der Waals surface area contributed by atoms with Crippen molar-refractivity contribution >= 4 is 16.8 Å². The van der Waals surface area contributed by atoms with Gasteiger partial charge in [0.2, 0.25) is 0 Å². The maximum Gasteiger partial charge on any atom is 0.270 e. The molecule has 2 aromatic rings. The number of fused-ring (bicyclic) bond motifs is 3. The average molecular weight is 214 g/mol. The first-order chi connectivity index (χ1) is 7.70. The molecular weight excluding hydrogens is 200 g/mol. The van der Waals surface area contributed by atoms with Crippen LogP contribution in [0.2, 0.25) is 0 Å². The Kier molecular flexibility index (Phi) is 1.84. The number of likely N-dealkylation sites (N-methyl/N-ethyl adjacent to an activating group) is 1. The van der Waals surface area contributed by atoms with Crippen LogP contribution in [0.15, 0.2) is 24.3 Å². The van der Waals surface area contributed by atoms with E-state index in [1.165, 1.54) is 10.9 Å². The molecule has 3 nitrogen and oxygen atoms in total. The Balaban J connectivity index is 2.39. The highest BCUT2D eigenvalue weighted by Crippen LogP contribution is 2.28. The predicted molar refractivity (Wildman–Crippen MR) is 63.6 cm³/mol. The molecule has 0 bridgehead atoms. The Labute approximate surface area is 94.3 Å². The summed E-state index contributed by atoms with van der Waals surface area (Å²) in [5.74, 6) is 0.139. The summed E-state index contributed by atoms with van der Waals surface area (Å²) < 4.78 is 2.15. The second-order valence-electron chi connectivity index (χ2n) is 4.37. The van der Waals surface area contributed by atoms with Crippen LogP contribution in [0.5, 0.6) is 0 Å². The van der Waals surface area contributed by atoms with Crippen LogP contribution in [0.1, 0.15) is 16.1 Å². The van der Waals surface area contributed by atoms with Crippen molar-refractivity contribution in [1.82, 2.24) is 9.47 Å². The topological polar surface area (TPSA) is 25.2 Å². The number of carbonyl (C=O) groups excluding carboxylic acids is 1. The zero-order valence-corrected chi connectivity index (χ0v) is 9.53. The standard InChI is InChI=1S/C13H14N2O/c1-9-10-5-3-4-6-11(10)15-8-7-14(2)13(16)12(9)15/h3-6H,7-8H2,1-2H3. The maximum absolute atomic E-state index is 12.1. The lowest BCUT2D eigenvalue weighted by Crippen LogP contribution is -2.37. The number of amides is 1. The molecule has 1 aliphatic rings. The predicted octanol–water partition coefficient (Wildman–Crippen LogP) is 2.04. The van der Waals surface area contributed by atoms with E-state index in [2.05, 4.69) is 16.7 Å². The summed E-state index contributed by atoms with van der Waals surface area (Å²) in [6.07, 6.45) is 0. The Bertz CT molecular complexity index is 583. The largest absolute Gasteiger partial charge is 0.339 e. The minimum Gasteiger partial charge on any atom is -0.339 e. The molecule has 1 aliphatic heterocycles. The Morgan fingerprint density at radius 3 is 2.75 bits per heavy atom. The fourth-order valence-electron chi connectivity index (χ4n) is 2.52. The van der Waals surface area contributed by atoms with E-state index >= 15 is 0 Å². The van der Waals surface area contributed by atoms with Gasteiger partial charge in [-0.1, -0.05) is 18.2 Å². The normalized spacial score (nSPS) is 15.6. The van der Waals surface area contributed by atoms with Crippen molar-refractivity contribution in [2.24, 2.45) is 0 Å². The zero-order chi connectivity index (χ0) is 11.3. The molecule has 0 atom stereocenters. The fourth-order valence-corrected chi connectivity index (χ4v) is 2.52. The lowest BCUT2D eigenvalue weighted by atomic mass is 10.1. The second-order valence-corrected chi connectivity index (χ2v) is 4.37. The minimum absolute atomic E-state index is 0.139. The molecule has 1 aromatic carbocycles. The fraction of sp³-hybridized carbons (Fsp3) is 0.308.